The molecule has 0 radical (unpaired) electrons. The molecule has 0 unspecified atom stereocenters. The fraction of sp³-hybridized carbons (Fsp3) is 0.300. The van der Waals surface area contributed by atoms with Crippen LogP contribution in [0.1, 0.15) is 39.6 Å². The molecule has 2 atom stereocenters. The van der Waals surface area contributed by atoms with Crippen LogP contribution in [0.15, 0.2) is 45.3 Å². The van der Waals surface area contributed by atoms with Crippen LogP contribution >= 0.6 is 79.8 Å². The first kappa shape index (κ1) is 41.6. The van der Waals surface area contributed by atoms with Gasteiger partial charge in [0.1, 0.15) is 11.5 Å². The second kappa shape index (κ2) is 20.7. The van der Waals surface area contributed by atoms with Crippen molar-refractivity contribution in [2.45, 2.75) is 20.3 Å². The van der Waals surface area contributed by atoms with Gasteiger partial charge < -0.3 is 25.9 Å². The molecular formula is C30H30Br3ClO8S2Zn. The summed E-state index contributed by atoms with van der Waals surface area (Å²) in [7, 11) is 5.88. The van der Waals surface area contributed by atoms with E-state index in [2.05, 4.69) is 61.9 Å². The molecule has 0 amide bonds. The molecule has 0 spiro atoms. The van der Waals surface area contributed by atoms with Gasteiger partial charge in [-0.3, -0.25) is 19.2 Å². The van der Waals surface area contributed by atoms with Gasteiger partial charge in [-0.15, -0.1) is 22.7 Å². The molecule has 8 nitrogen and oxygen atoms in total. The molecule has 2 heterocycles. The summed E-state index contributed by atoms with van der Waals surface area (Å²) in [5, 5.41) is 1.49. The van der Waals surface area contributed by atoms with Crippen LogP contribution in [0, 0.1) is 18.8 Å². The summed E-state index contributed by atoms with van der Waals surface area (Å²) in [6.45, 7) is 6.81. The molecule has 4 rings (SSSR count). The fourth-order valence-corrected chi connectivity index (χ4v) is 6.93. The van der Waals surface area contributed by atoms with Crippen LogP contribution in [-0.4, -0.2) is 51.4 Å². The Morgan fingerprint density at radius 1 is 0.778 bits per heavy atom. The molecule has 15 heteroatoms. The Morgan fingerprint density at radius 2 is 1.20 bits per heavy atom. The Morgan fingerprint density at radius 3 is 1.56 bits per heavy atom. The number of ether oxygens (including phenoxy) is 4. The topological polar surface area (TPSA) is 105 Å². The molecule has 2 aromatic carbocycles. The Kier molecular flexibility index (Phi) is 19.2. The van der Waals surface area contributed by atoms with Crippen molar-refractivity contribution in [3.8, 4) is 11.5 Å². The van der Waals surface area contributed by atoms with E-state index in [1.807, 2.05) is 30.3 Å². The van der Waals surface area contributed by atoms with Gasteiger partial charge in [-0.1, -0.05) is 19.8 Å². The van der Waals surface area contributed by atoms with Crippen molar-refractivity contribution in [3.05, 3.63) is 62.0 Å². The van der Waals surface area contributed by atoms with Crippen molar-refractivity contribution < 1.29 is 54.5 Å². The first-order valence-corrected chi connectivity index (χ1v) is 23.3. The first-order valence-electron chi connectivity index (χ1n) is 12.8. The van der Waals surface area contributed by atoms with Crippen molar-refractivity contribution in [1.82, 2.24) is 0 Å². The van der Waals surface area contributed by atoms with Crippen LogP contribution < -0.4 is 9.47 Å². The summed E-state index contributed by atoms with van der Waals surface area (Å²) >= 11 is 19.3. The van der Waals surface area contributed by atoms with E-state index in [1.165, 1.54) is 53.2 Å². The number of hydrogen-bond acceptors (Lipinski definition) is 10. The quantitative estimate of drug-likeness (QED) is 0.0566. The van der Waals surface area contributed by atoms with Crippen LogP contribution in [0.3, 0.4) is 0 Å². The van der Waals surface area contributed by atoms with Gasteiger partial charge in [-0.2, -0.15) is 0 Å². The van der Waals surface area contributed by atoms with Gasteiger partial charge in [-0.25, -0.2) is 0 Å². The number of hydrogen-bond donors (Lipinski definition) is 0. The van der Waals surface area contributed by atoms with Crippen LogP contribution in [0.4, 0.5) is 0 Å². The fourth-order valence-electron chi connectivity index (χ4n) is 3.49. The molecule has 0 saturated heterocycles. The molecular weight excluding hydrogens is 893 g/mol. The van der Waals surface area contributed by atoms with Crippen LogP contribution in [0.25, 0.3) is 20.2 Å². The number of ketones is 1. The van der Waals surface area contributed by atoms with Crippen LogP contribution in [-0.2, 0) is 35.4 Å². The molecule has 0 bridgehead atoms. The van der Waals surface area contributed by atoms with E-state index >= 15 is 0 Å². The minimum absolute atomic E-state index is 0.0517. The van der Waals surface area contributed by atoms with Gasteiger partial charge in [-0.05, 0) is 90.6 Å². The Hall–Kier alpha value is -1.41. The zero-order valence-electron chi connectivity index (χ0n) is 25.3. The molecule has 0 saturated carbocycles. The van der Waals surface area contributed by atoms with Crippen LogP contribution in [0.2, 0.25) is 0 Å². The second-order valence-electron chi connectivity index (χ2n) is 9.02. The number of halogens is 4. The van der Waals surface area contributed by atoms with E-state index in [4.69, 9.17) is 21.1 Å². The van der Waals surface area contributed by atoms with E-state index in [9.17, 15) is 19.2 Å². The number of Topliss-reactive ketones (excluding diaryl/α,β-unsaturated/α-hetero) is 1. The number of fused-ring (bicyclic) bond motifs is 2. The number of benzene rings is 2. The Balaban J connectivity index is 0.000000367. The van der Waals surface area contributed by atoms with E-state index in [-0.39, 0.29) is 30.1 Å². The van der Waals surface area contributed by atoms with Gasteiger partial charge in [0, 0.05) is 15.8 Å². The average molecular weight is 923 g/mol. The van der Waals surface area contributed by atoms with Gasteiger partial charge in [0.2, 0.25) is 0 Å². The zero-order chi connectivity index (χ0) is 34.4. The molecule has 0 aliphatic heterocycles. The molecule has 0 aliphatic carbocycles. The van der Waals surface area contributed by atoms with Gasteiger partial charge >= 0.3 is 35.9 Å². The summed E-state index contributed by atoms with van der Waals surface area (Å²) in [6.07, 6.45) is 0.151. The SMILES string of the molecule is COC(=O)[C@@H](C)CC(=O)c1cc2cc(OC)c(Br)cc2s1.COc1cc2cc(C(=O)Cl)sc2cc1Br.[CH2-][C@H](C)C(=O)OC.[Zn+][Br]. The number of thiophene rings is 2. The van der Waals surface area contributed by atoms with Gasteiger partial charge in [0.15, 0.2) is 5.78 Å². The predicted molar refractivity (Wildman–Crippen MR) is 188 cm³/mol. The van der Waals surface area contributed by atoms with Gasteiger partial charge in [0.05, 0.1) is 53.1 Å². The summed E-state index contributed by atoms with van der Waals surface area (Å²) in [4.78, 5) is 46.0. The van der Waals surface area contributed by atoms with Crippen molar-refractivity contribution in [1.29, 1.82) is 0 Å². The van der Waals surface area contributed by atoms with Crippen molar-refractivity contribution >= 4 is 123 Å². The van der Waals surface area contributed by atoms with Crippen LogP contribution in [0.5, 0.6) is 11.5 Å². The summed E-state index contributed by atoms with van der Waals surface area (Å²) in [5.41, 5.74) is 0. The molecule has 240 valence electrons. The minimum atomic E-state index is -0.436. The van der Waals surface area contributed by atoms with Gasteiger partial charge in [0.25, 0.3) is 11.2 Å². The van der Waals surface area contributed by atoms with Crippen molar-refractivity contribution in [2.24, 2.45) is 11.8 Å². The monoisotopic (exact) mass is 918 g/mol. The number of carbonyl (C=O) groups is 4. The van der Waals surface area contributed by atoms with E-state index in [0.717, 1.165) is 40.6 Å². The number of rotatable bonds is 8. The Bertz CT molecular complexity index is 1620. The number of esters is 2. The van der Waals surface area contributed by atoms with Crippen molar-refractivity contribution in [2.75, 3.05) is 28.4 Å². The second-order valence-corrected chi connectivity index (χ2v) is 13.2. The zero-order valence-corrected chi connectivity index (χ0v) is 35.4. The van der Waals surface area contributed by atoms with E-state index in [0.29, 0.717) is 9.75 Å². The average Bonchev–Trinajstić information content (AvgIpc) is 3.64. The van der Waals surface area contributed by atoms with E-state index in [1.54, 1.807) is 34.1 Å². The molecule has 0 N–H and O–H groups in total. The number of methoxy groups -OCH3 is 4. The summed E-state index contributed by atoms with van der Waals surface area (Å²) in [5.74, 6) is 0.105. The molecule has 0 fully saturated rings. The molecule has 2 aromatic heterocycles. The Labute approximate surface area is 308 Å². The number of carbonyl (C=O) groups excluding carboxylic acids is 4. The third kappa shape index (κ3) is 12.6. The van der Waals surface area contributed by atoms with E-state index < -0.39 is 11.2 Å². The standard InChI is InChI=1S/C15H15BrO4S.C10H6BrClO2S.C5H9O2.BrH.Zn/c1-8(15(18)20-3)4-11(17)14-6-9-5-12(19-2)10(16)7-13(9)21-14;1-14-7-2-5-3-9(10(12)13)15-8(5)4-6(7)11;1-4(2)5(6)7-3;;/h5-8H,4H2,1-3H3;2-4H,1H3;4H,1H2,2-3H3;1H;/q;;-1;;+2/p-1/t8-;;4-;;/m0.1../s1. The molecule has 45 heavy (non-hydrogen) atoms. The maximum atomic E-state index is 12.2. The molecule has 0 aliphatic rings. The summed E-state index contributed by atoms with van der Waals surface area (Å²) in [6, 6.07) is 11.2. The van der Waals surface area contributed by atoms with Crippen molar-refractivity contribution in [3.63, 3.8) is 0 Å². The maximum absolute atomic E-state index is 12.2. The normalized spacial score (nSPS) is 11.4. The third-order valence-corrected chi connectivity index (χ3v) is 9.54. The third-order valence-electron chi connectivity index (χ3n) is 5.75. The first-order chi connectivity index (χ1) is 21.3. The molecule has 4 aromatic rings. The summed E-state index contributed by atoms with van der Waals surface area (Å²) < 4.78 is 23.1. The predicted octanol–water partition coefficient (Wildman–Crippen LogP) is 9.58.